The zero-order chi connectivity index (χ0) is 21.8. The van der Waals surface area contributed by atoms with E-state index in [0.29, 0.717) is 24.8 Å². The highest BCUT2D eigenvalue weighted by atomic mass is 19.4. The van der Waals surface area contributed by atoms with Crippen LogP contribution in [0.3, 0.4) is 0 Å². The molecule has 30 heavy (non-hydrogen) atoms. The van der Waals surface area contributed by atoms with Crippen LogP contribution in [-0.4, -0.2) is 29.1 Å². The van der Waals surface area contributed by atoms with Crippen LogP contribution in [0, 0.1) is 17.3 Å². The fourth-order valence-electron chi connectivity index (χ4n) is 5.05. The lowest BCUT2D eigenvalue weighted by Crippen LogP contribution is -2.47. The quantitative estimate of drug-likeness (QED) is 0.400. The average Bonchev–Trinajstić information content (AvgIpc) is 2.95. The van der Waals surface area contributed by atoms with E-state index < -0.39 is 23.9 Å². The van der Waals surface area contributed by atoms with E-state index in [2.05, 4.69) is 25.1 Å². The van der Waals surface area contributed by atoms with Crippen molar-refractivity contribution < 1.29 is 32.2 Å². The van der Waals surface area contributed by atoms with Crippen molar-refractivity contribution >= 4 is 11.9 Å². The Balaban J connectivity index is 1.47. The van der Waals surface area contributed by atoms with Gasteiger partial charge in [-0.05, 0) is 54.7 Å². The van der Waals surface area contributed by atoms with Gasteiger partial charge in [-0.3, -0.25) is 4.98 Å². The third kappa shape index (κ3) is 3.42. The molecule has 0 unspecified atom stereocenters. The van der Waals surface area contributed by atoms with E-state index in [1.807, 2.05) is 0 Å². The number of pyridine rings is 1. The molecule has 0 bridgehead atoms. The number of carbonyl (C=O) groups excluding carboxylic acids is 2. The van der Waals surface area contributed by atoms with E-state index >= 15 is 0 Å². The summed E-state index contributed by atoms with van der Waals surface area (Å²) in [6.45, 7) is 10.2. The number of alkyl halides is 3. The van der Waals surface area contributed by atoms with Crippen LogP contribution >= 0.6 is 0 Å². The van der Waals surface area contributed by atoms with Crippen LogP contribution in [0.2, 0.25) is 0 Å². The predicted molar refractivity (Wildman–Crippen MR) is 100 cm³/mol. The molecule has 2 saturated carbocycles. The van der Waals surface area contributed by atoms with Crippen molar-refractivity contribution in [2.45, 2.75) is 51.0 Å². The Labute approximate surface area is 172 Å². The number of esters is 2. The molecular weight excluding hydrogens is 399 g/mol. The van der Waals surface area contributed by atoms with Crippen LogP contribution in [0.5, 0.6) is 0 Å². The first-order chi connectivity index (χ1) is 14.0. The van der Waals surface area contributed by atoms with Gasteiger partial charge in [0.05, 0.1) is 5.56 Å². The molecule has 0 amide bonds. The summed E-state index contributed by atoms with van der Waals surface area (Å²) >= 11 is 0. The highest BCUT2D eigenvalue weighted by Gasteiger charge is 2.54. The first-order valence-corrected chi connectivity index (χ1v) is 9.82. The minimum absolute atomic E-state index is 0.0299. The van der Waals surface area contributed by atoms with Gasteiger partial charge in [0.15, 0.2) is 0 Å². The van der Waals surface area contributed by atoms with Crippen LogP contribution in [0.25, 0.3) is 0 Å². The van der Waals surface area contributed by atoms with Crippen LogP contribution in [-0.2, 0) is 20.4 Å². The lowest BCUT2D eigenvalue weighted by molar-refractivity contribution is -0.143. The first-order valence-electron chi connectivity index (χ1n) is 9.82. The van der Waals surface area contributed by atoms with Crippen molar-refractivity contribution in [3.05, 3.63) is 53.9 Å². The summed E-state index contributed by atoms with van der Waals surface area (Å²) < 4.78 is 49.0. The highest BCUT2D eigenvalue weighted by Crippen LogP contribution is 2.57. The number of hydrogen-bond acceptors (Lipinski definition) is 5. The smallest absolute Gasteiger partial charge is 0.433 e. The van der Waals surface area contributed by atoms with Crippen LogP contribution < -0.4 is 0 Å². The molecule has 8 heteroatoms. The third-order valence-corrected chi connectivity index (χ3v) is 6.79. The normalized spacial score (nSPS) is 33.5. The number of halogens is 3. The monoisotopic (exact) mass is 421 g/mol. The standard InChI is InChI=1S/C22H22F3NO4/c1-11-14-8-15-12(2)16(6-7-21(15,3)9-17(14)30-19(11)27)29-20(28)13-4-5-18(26-10-13)22(23,24)25/h4-5,10,14-17H,1-2,6-9H2,3H3/t14-,15+,16-,17-,21-/m1/s1. The minimum atomic E-state index is -4.57. The summed E-state index contributed by atoms with van der Waals surface area (Å²) in [6.07, 6.45) is -1.74. The van der Waals surface area contributed by atoms with Crippen molar-refractivity contribution in [2.75, 3.05) is 0 Å². The second-order valence-electron chi connectivity index (χ2n) is 8.66. The topological polar surface area (TPSA) is 65.5 Å². The van der Waals surface area contributed by atoms with Gasteiger partial charge in [0.25, 0.3) is 0 Å². The van der Waals surface area contributed by atoms with Gasteiger partial charge in [-0.2, -0.15) is 13.2 Å². The minimum Gasteiger partial charge on any atom is -0.458 e. The number of hydrogen-bond donors (Lipinski definition) is 0. The molecule has 2 heterocycles. The first kappa shape index (κ1) is 20.6. The molecule has 0 N–H and O–H groups in total. The molecule has 1 aromatic heterocycles. The molecule has 5 nitrogen and oxygen atoms in total. The van der Waals surface area contributed by atoms with Crippen LogP contribution in [0.1, 0.15) is 48.7 Å². The zero-order valence-corrected chi connectivity index (χ0v) is 16.5. The highest BCUT2D eigenvalue weighted by molar-refractivity contribution is 5.91. The summed E-state index contributed by atoms with van der Waals surface area (Å²) in [5, 5.41) is 0. The summed E-state index contributed by atoms with van der Waals surface area (Å²) in [7, 11) is 0. The van der Waals surface area contributed by atoms with Gasteiger partial charge in [0.2, 0.25) is 0 Å². The zero-order valence-electron chi connectivity index (χ0n) is 16.5. The summed E-state index contributed by atoms with van der Waals surface area (Å²) in [4.78, 5) is 27.7. The summed E-state index contributed by atoms with van der Waals surface area (Å²) in [5.41, 5.74) is 0.00713. The maximum Gasteiger partial charge on any atom is 0.433 e. The van der Waals surface area contributed by atoms with E-state index in [1.54, 1.807) is 0 Å². The van der Waals surface area contributed by atoms with E-state index in [4.69, 9.17) is 9.47 Å². The van der Waals surface area contributed by atoms with E-state index in [0.717, 1.165) is 30.3 Å². The Morgan fingerprint density at radius 1 is 1.33 bits per heavy atom. The molecule has 0 spiro atoms. The Kier molecular flexibility index (Phi) is 4.78. The van der Waals surface area contributed by atoms with Crippen molar-refractivity contribution in [2.24, 2.45) is 17.3 Å². The van der Waals surface area contributed by atoms with E-state index in [1.165, 1.54) is 0 Å². The Bertz CT molecular complexity index is 923. The van der Waals surface area contributed by atoms with E-state index in [9.17, 15) is 22.8 Å². The molecular formula is C22H22F3NO4. The number of nitrogens with zero attached hydrogens (tertiary/aromatic N) is 1. The molecule has 0 aromatic carbocycles. The van der Waals surface area contributed by atoms with Crippen molar-refractivity contribution in [1.29, 1.82) is 0 Å². The Morgan fingerprint density at radius 2 is 2.07 bits per heavy atom. The van der Waals surface area contributed by atoms with Crippen molar-refractivity contribution in [1.82, 2.24) is 4.98 Å². The van der Waals surface area contributed by atoms with Crippen molar-refractivity contribution in [3.63, 3.8) is 0 Å². The second kappa shape index (κ2) is 6.96. The lowest BCUT2D eigenvalue weighted by Gasteiger charge is -2.51. The second-order valence-corrected chi connectivity index (χ2v) is 8.66. The maximum atomic E-state index is 12.7. The van der Waals surface area contributed by atoms with Crippen molar-refractivity contribution in [3.8, 4) is 0 Å². The van der Waals surface area contributed by atoms with Crippen LogP contribution in [0.4, 0.5) is 13.2 Å². The summed E-state index contributed by atoms with van der Waals surface area (Å²) in [6, 6.07) is 1.82. The Morgan fingerprint density at radius 3 is 2.70 bits per heavy atom. The Hall–Kier alpha value is -2.64. The molecule has 1 saturated heterocycles. The molecule has 2 aliphatic carbocycles. The van der Waals surface area contributed by atoms with Gasteiger partial charge in [0, 0.05) is 17.7 Å². The average molecular weight is 421 g/mol. The molecule has 4 rings (SSSR count). The van der Waals surface area contributed by atoms with Gasteiger partial charge < -0.3 is 9.47 Å². The predicted octanol–water partition coefficient (Wildman–Crippen LogP) is 4.49. The molecule has 160 valence electrons. The number of carbonyl (C=O) groups is 2. The fourth-order valence-corrected chi connectivity index (χ4v) is 5.05. The van der Waals surface area contributed by atoms with E-state index in [-0.39, 0.29) is 34.9 Å². The van der Waals surface area contributed by atoms with Gasteiger partial charge in [0.1, 0.15) is 17.9 Å². The van der Waals surface area contributed by atoms with Gasteiger partial charge in [-0.25, -0.2) is 9.59 Å². The van der Waals surface area contributed by atoms with Gasteiger partial charge in [-0.1, -0.05) is 20.1 Å². The number of fused-ring (bicyclic) bond motifs is 2. The lowest BCUT2D eigenvalue weighted by atomic mass is 9.55. The van der Waals surface area contributed by atoms with Crippen LogP contribution in [0.15, 0.2) is 42.6 Å². The fraction of sp³-hybridized carbons (Fsp3) is 0.500. The molecule has 1 aliphatic heterocycles. The molecule has 1 aromatic rings. The SMILES string of the molecule is C=C1C(=O)O[C@@H]2C[C@@]3(C)CC[C@@H](OC(=O)c4ccc(C(F)(F)F)nc4)C(=C)[C@@H]3C[C@H]12. The van der Waals surface area contributed by atoms with Gasteiger partial charge >= 0.3 is 18.1 Å². The largest absolute Gasteiger partial charge is 0.458 e. The number of ether oxygens (including phenoxy) is 2. The molecule has 3 aliphatic rings. The summed E-state index contributed by atoms with van der Waals surface area (Å²) in [5.74, 6) is -1.12. The van der Waals surface area contributed by atoms with Gasteiger partial charge in [-0.15, -0.1) is 0 Å². The third-order valence-electron chi connectivity index (χ3n) is 6.79. The number of aromatic nitrogens is 1. The number of rotatable bonds is 2. The molecule has 0 radical (unpaired) electrons. The molecule has 5 atom stereocenters. The molecule has 3 fully saturated rings. The maximum absolute atomic E-state index is 12.7.